The van der Waals surface area contributed by atoms with Crippen LogP contribution in [-0.4, -0.2) is 55.9 Å². The molecule has 2 unspecified atom stereocenters. The van der Waals surface area contributed by atoms with Crippen molar-refractivity contribution in [3.8, 4) is 0 Å². The van der Waals surface area contributed by atoms with Crippen LogP contribution in [0.1, 0.15) is 39.2 Å². The van der Waals surface area contributed by atoms with Crippen molar-refractivity contribution < 1.29 is 19.5 Å². The van der Waals surface area contributed by atoms with Gasteiger partial charge in [-0.2, -0.15) is 0 Å². The number of carbonyl (C=O) groups is 3. The number of amides is 3. The number of para-hydroxylation sites is 1. The van der Waals surface area contributed by atoms with Gasteiger partial charge in [-0.05, 0) is 43.4 Å². The molecule has 0 aromatic heterocycles. The SMILES string of the molecule is CC(C)[C@H](CO)N1C(=O)[C@@H]2[C@@H](C(=O)NCc3ccccc3)[C@@]3(C)CCC2(S3)C1C(=O)Nc1ccccc1Cl. The van der Waals surface area contributed by atoms with Gasteiger partial charge in [0.25, 0.3) is 0 Å². The third-order valence-electron chi connectivity index (χ3n) is 8.50. The van der Waals surface area contributed by atoms with Crippen LogP contribution in [-0.2, 0) is 20.9 Å². The van der Waals surface area contributed by atoms with E-state index in [1.807, 2.05) is 51.1 Å². The molecular formula is C29H34ClN3O4S. The lowest BCUT2D eigenvalue weighted by atomic mass is 9.66. The Bertz CT molecular complexity index is 1240. The van der Waals surface area contributed by atoms with E-state index in [1.165, 1.54) is 0 Å². The number of carbonyl (C=O) groups excluding carboxylic acids is 3. The Hall–Kier alpha value is -2.55. The number of nitrogens with one attached hydrogen (secondary N) is 2. The Balaban J connectivity index is 1.51. The van der Waals surface area contributed by atoms with E-state index in [-0.39, 0.29) is 30.2 Å². The Labute approximate surface area is 232 Å². The van der Waals surface area contributed by atoms with Crippen LogP contribution in [0.2, 0.25) is 5.02 Å². The lowest BCUT2D eigenvalue weighted by Gasteiger charge is -2.38. The minimum atomic E-state index is -0.838. The summed E-state index contributed by atoms with van der Waals surface area (Å²) in [6, 6.07) is 15.3. The van der Waals surface area contributed by atoms with Crippen LogP contribution < -0.4 is 10.6 Å². The number of aliphatic hydroxyl groups excluding tert-OH is 1. The Morgan fingerprint density at radius 3 is 2.45 bits per heavy atom. The van der Waals surface area contributed by atoms with Crippen molar-refractivity contribution in [3.05, 3.63) is 65.2 Å². The predicted molar refractivity (Wildman–Crippen MR) is 150 cm³/mol. The average Bonchev–Trinajstić information content (AvgIpc) is 3.46. The first-order valence-corrected chi connectivity index (χ1v) is 14.3. The minimum Gasteiger partial charge on any atom is -0.394 e. The van der Waals surface area contributed by atoms with E-state index in [9.17, 15) is 19.5 Å². The van der Waals surface area contributed by atoms with Crippen molar-refractivity contribution in [1.82, 2.24) is 10.2 Å². The fourth-order valence-electron chi connectivity index (χ4n) is 6.70. The van der Waals surface area contributed by atoms with Gasteiger partial charge in [-0.3, -0.25) is 14.4 Å². The second kappa shape index (κ2) is 10.2. The number of nitrogens with zero attached hydrogens (tertiary/aromatic N) is 1. The number of halogens is 1. The quantitative estimate of drug-likeness (QED) is 0.456. The Kier molecular flexibility index (Phi) is 7.26. The lowest BCUT2D eigenvalue weighted by molar-refractivity contribution is -0.143. The minimum absolute atomic E-state index is 0.0852. The van der Waals surface area contributed by atoms with Crippen LogP contribution in [0.15, 0.2) is 54.6 Å². The van der Waals surface area contributed by atoms with E-state index >= 15 is 0 Å². The van der Waals surface area contributed by atoms with Crippen LogP contribution >= 0.6 is 23.4 Å². The zero-order valence-corrected chi connectivity index (χ0v) is 23.4. The molecule has 9 heteroatoms. The van der Waals surface area contributed by atoms with Gasteiger partial charge in [0.05, 0.1) is 39.9 Å². The number of benzene rings is 2. The summed E-state index contributed by atoms with van der Waals surface area (Å²) in [5, 5.41) is 16.8. The summed E-state index contributed by atoms with van der Waals surface area (Å²) >= 11 is 7.96. The number of thioether (sulfide) groups is 1. The molecule has 6 atom stereocenters. The first-order valence-electron chi connectivity index (χ1n) is 13.1. The highest BCUT2D eigenvalue weighted by Gasteiger charge is 2.77. The molecule has 3 aliphatic heterocycles. The maximum absolute atomic E-state index is 14.3. The summed E-state index contributed by atoms with van der Waals surface area (Å²) in [4.78, 5) is 43.6. The molecule has 2 bridgehead atoms. The van der Waals surface area contributed by atoms with Crippen molar-refractivity contribution in [3.63, 3.8) is 0 Å². The molecule has 1 spiro atoms. The van der Waals surface area contributed by atoms with Gasteiger partial charge in [0.2, 0.25) is 17.7 Å². The third kappa shape index (κ3) is 4.31. The molecule has 7 nitrogen and oxygen atoms in total. The fraction of sp³-hybridized carbons (Fsp3) is 0.483. The molecule has 2 aromatic carbocycles. The number of rotatable bonds is 8. The molecule has 38 heavy (non-hydrogen) atoms. The Morgan fingerprint density at radius 1 is 1.11 bits per heavy atom. The molecule has 3 aliphatic rings. The molecule has 5 rings (SSSR count). The second-order valence-electron chi connectivity index (χ2n) is 11.1. The summed E-state index contributed by atoms with van der Waals surface area (Å²) < 4.78 is -1.24. The van der Waals surface area contributed by atoms with Gasteiger partial charge in [-0.1, -0.05) is 67.9 Å². The average molecular weight is 556 g/mol. The lowest BCUT2D eigenvalue weighted by Crippen LogP contribution is -2.56. The van der Waals surface area contributed by atoms with Gasteiger partial charge in [-0.15, -0.1) is 11.8 Å². The van der Waals surface area contributed by atoms with Gasteiger partial charge >= 0.3 is 0 Å². The normalized spacial score (nSPS) is 30.4. The van der Waals surface area contributed by atoms with E-state index in [0.29, 0.717) is 23.7 Å². The van der Waals surface area contributed by atoms with Crippen molar-refractivity contribution in [2.75, 3.05) is 11.9 Å². The highest BCUT2D eigenvalue weighted by molar-refractivity contribution is 8.02. The van der Waals surface area contributed by atoms with E-state index in [1.54, 1.807) is 40.9 Å². The molecule has 0 saturated carbocycles. The van der Waals surface area contributed by atoms with Crippen LogP contribution in [0, 0.1) is 17.8 Å². The summed E-state index contributed by atoms with van der Waals surface area (Å²) in [7, 11) is 0. The van der Waals surface area contributed by atoms with Crippen molar-refractivity contribution >= 4 is 46.8 Å². The van der Waals surface area contributed by atoms with Gasteiger partial charge < -0.3 is 20.6 Å². The number of hydrogen-bond donors (Lipinski definition) is 3. The molecule has 0 radical (unpaired) electrons. The van der Waals surface area contributed by atoms with Gasteiger partial charge in [0, 0.05) is 11.3 Å². The molecule has 3 saturated heterocycles. The summed E-state index contributed by atoms with van der Waals surface area (Å²) in [6.07, 6.45) is 1.36. The zero-order chi connectivity index (χ0) is 27.2. The highest BCUT2D eigenvalue weighted by Crippen LogP contribution is 2.71. The number of hydrogen-bond acceptors (Lipinski definition) is 5. The van der Waals surface area contributed by atoms with Crippen LogP contribution in [0.4, 0.5) is 5.69 Å². The van der Waals surface area contributed by atoms with E-state index in [2.05, 4.69) is 10.6 Å². The molecule has 3 fully saturated rings. The standard InChI is InChI=1S/C29H34ClN3O4S/c1-17(2)21(16-34)33-24(26(36)32-20-12-8-7-11-19(20)30)29-14-13-28(3,38-29)22(23(29)27(33)37)25(35)31-15-18-9-5-4-6-10-18/h4-12,17,21-24,34H,13-16H2,1-3H3,(H,31,35)(H,32,36)/t21-,22-,23-,24?,28+,29?/m0/s1. The first kappa shape index (κ1) is 27.0. The number of aliphatic hydroxyl groups is 1. The number of likely N-dealkylation sites (tertiary alicyclic amines) is 1. The van der Waals surface area contributed by atoms with Crippen molar-refractivity contribution in [1.29, 1.82) is 0 Å². The summed E-state index contributed by atoms with van der Waals surface area (Å²) in [5.41, 5.74) is 1.45. The molecule has 2 aromatic rings. The van der Waals surface area contributed by atoms with E-state index < -0.39 is 33.4 Å². The number of fused-ring (bicyclic) bond motifs is 1. The number of anilines is 1. The predicted octanol–water partition coefficient (Wildman–Crippen LogP) is 4.09. The summed E-state index contributed by atoms with van der Waals surface area (Å²) in [6.45, 7) is 6.01. The van der Waals surface area contributed by atoms with E-state index in [0.717, 1.165) is 12.0 Å². The third-order valence-corrected chi connectivity index (χ3v) is 10.8. The molecule has 3 heterocycles. The smallest absolute Gasteiger partial charge is 0.248 e. The van der Waals surface area contributed by atoms with Crippen LogP contribution in [0.3, 0.4) is 0 Å². The van der Waals surface area contributed by atoms with Crippen molar-refractivity contribution in [2.45, 2.75) is 61.7 Å². The highest BCUT2D eigenvalue weighted by atomic mass is 35.5. The second-order valence-corrected chi connectivity index (χ2v) is 13.4. The molecule has 202 valence electrons. The molecular weight excluding hydrogens is 522 g/mol. The topological polar surface area (TPSA) is 98.7 Å². The fourth-order valence-corrected chi connectivity index (χ4v) is 9.23. The van der Waals surface area contributed by atoms with Gasteiger partial charge in [0.15, 0.2) is 0 Å². The Morgan fingerprint density at radius 2 is 1.79 bits per heavy atom. The largest absolute Gasteiger partial charge is 0.394 e. The van der Waals surface area contributed by atoms with Crippen molar-refractivity contribution in [2.24, 2.45) is 17.8 Å². The summed E-state index contributed by atoms with van der Waals surface area (Å²) in [5.74, 6) is -2.05. The van der Waals surface area contributed by atoms with Gasteiger partial charge in [0.1, 0.15) is 6.04 Å². The van der Waals surface area contributed by atoms with Gasteiger partial charge in [-0.25, -0.2) is 0 Å². The first-order chi connectivity index (χ1) is 18.1. The van der Waals surface area contributed by atoms with E-state index in [4.69, 9.17) is 11.6 Å². The van der Waals surface area contributed by atoms with Crippen LogP contribution in [0.25, 0.3) is 0 Å². The zero-order valence-electron chi connectivity index (χ0n) is 21.8. The molecule has 0 aliphatic carbocycles. The molecule has 3 amide bonds. The maximum Gasteiger partial charge on any atom is 0.248 e. The van der Waals surface area contributed by atoms with Crippen LogP contribution in [0.5, 0.6) is 0 Å². The maximum atomic E-state index is 14.3. The molecule has 3 N–H and O–H groups in total. The monoisotopic (exact) mass is 555 g/mol.